The summed E-state index contributed by atoms with van der Waals surface area (Å²) >= 11 is 0. The second-order valence-corrected chi connectivity index (χ2v) is 4.62. The normalized spacial score (nSPS) is 17.4. The number of aliphatic carboxylic acids is 1. The summed E-state index contributed by atoms with van der Waals surface area (Å²) in [6.07, 6.45) is 0.479. The molecule has 1 amide bonds. The first-order valence-corrected chi connectivity index (χ1v) is 5.56. The van der Waals surface area contributed by atoms with Crippen LogP contribution in [0.2, 0.25) is 0 Å². The molecule has 1 aliphatic rings. The van der Waals surface area contributed by atoms with Gasteiger partial charge in [0, 0.05) is 20.0 Å². The van der Waals surface area contributed by atoms with Crippen molar-refractivity contribution in [3.8, 4) is 0 Å². The van der Waals surface area contributed by atoms with Gasteiger partial charge in [-0.3, -0.25) is 9.59 Å². The highest BCUT2D eigenvalue weighted by Crippen LogP contribution is 2.34. The van der Waals surface area contributed by atoms with Gasteiger partial charge in [0.25, 0.3) is 0 Å². The summed E-state index contributed by atoms with van der Waals surface area (Å²) < 4.78 is 0. The number of nitrogens with zero attached hydrogens (tertiary/aromatic N) is 1. The van der Waals surface area contributed by atoms with Crippen molar-refractivity contribution in [2.75, 3.05) is 13.1 Å². The lowest BCUT2D eigenvalue weighted by Gasteiger charge is -2.46. The molecule has 0 radical (unpaired) electrons. The van der Waals surface area contributed by atoms with Crippen molar-refractivity contribution in [1.29, 1.82) is 0 Å². The zero-order valence-electron chi connectivity index (χ0n) is 9.72. The van der Waals surface area contributed by atoms with Gasteiger partial charge in [-0.15, -0.1) is 0 Å². The van der Waals surface area contributed by atoms with E-state index in [9.17, 15) is 14.7 Å². The molecule has 1 N–H and O–H groups in total. The molecule has 0 aliphatic carbocycles. The van der Waals surface area contributed by atoms with E-state index >= 15 is 0 Å². The van der Waals surface area contributed by atoms with Crippen LogP contribution in [0.15, 0.2) is 30.3 Å². The number of rotatable bonds is 3. The third-order valence-electron chi connectivity index (χ3n) is 3.27. The number of benzene rings is 1. The standard InChI is InChI=1S/C13H15NO3/c1-10(15)14-8-13(9-14,12(16)17)7-11-5-3-2-4-6-11/h2-6H,7-9H2,1H3,(H,16,17). The largest absolute Gasteiger partial charge is 0.481 e. The average Bonchev–Trinajstić information content (AvgIpc) is 2.23. The minimum Gasteiger partial charge on any atom is -0.481 e. The van der Waals surface area contributed by atoms with E-state index in [4.69, 9.17) is 0 Å². The summed E-state index contributed by atoms with van der Waals surface area (Å²) in [5.74, 6) is -0.881. The first kappa shape index (κ1) is 11.6. The average molecular weight is 233 g/mol. The quantitative estimate of drug-likeness (QED) is 0.852. The molecule has 4 heteroatoms. The highest BCUT2D eigenvalue weighted by Gasteiger charge is 2.50. The highest BCUT2D eigenvalue weighted by molar-refractivity contribution is 5.82. The van der Waals surface area contributed by atoms with E-state index in [1.165, 1.54) is 6.92 Å². The molecule has 4 nitrogen and oxygen atoms in total. The van der Waals surface area contributed by atoms with Crippen LogP contribution in [-0.4, -0.2) is 35.0 Å². The number of likely N-dealkylation sites (tertiary alicyclic amines) is 1. The van der Waals surface area contributed by atoms with Gasteiger partial charge in [0.1, 0.15) is 5.41 Å². The van der Waals surface area contributed by atoms with Gasteiger partial charge in [0.05, 0.1) is 0 Å². The van der Waals surface area contributed by atoms with Gasteiger partial charge in [-0.2, -0.15) is 0 Å². The van der Waals surface area contributed by atoms with Crippen molar-refractivity contribution in [2.24, 2.45) is 5.41 Å². The predicted octanol–water partition coefficient (Wildman–Crippen LogP) is 1.16. The van der Waals surface area contributed by atoms with E-state index in [1.54, 1.807) is 4.90 Å². The molecule has 1 aromatic rings. The number of hydrogen-bond acceptors (Lipinski definition) is 2. The summed E-state index contributed by atoms with van der Waals surface area (Å²) in [5.41, 5.74) is 0.200. The molecule has 90 valence electrons. The van der Waals surface area contributed by atoms with Crippen molar-refractivity contribution in [3.63, 3.8) is 0 Å². The lowest BCUT2D eigenvalue weighted by molar-refractivity contribution is -0.165. The number of amides is 1. The van der Waals surface area contributed by atoms with Crippen LogP contribution < -0.4 is 0 Å². The fraction of sp³-hybridized carbons (Fsp3) is 0.385. The van der Waals surface area contributed by atoms with Gasteiger partial charge in [0.2, 0.25) is 5.91 Å². The maximum atomic E-state index is 11.3. The van der Waals surface area contributed by atoms with E-state index in [1.807, 2.05) is 30.3 Å². The van der Waals surface area contributed by atoms with Crippen molar-refractivity contribution in [2.45, 2.75) is 13.3 Å². The van der Waals surface area contributed by atoms with Gasteiger partial charge < -0.3 is 10.0 Å². The first-order chi connectivity index (χ1) is 8.03. The summed E-state index contributed by atoms with van der Waals surface area (Å²) in [6, 6.07) is 9.53. The van der Waals surface area contributed by atoms with Crippen molar-refractivity contribution in [3.05, 3.63) is 35.9 Å². The second kappa shape index (κ2) is 4.20. The molecule has 0 atom stereocenters. The number of carboxylic acids is 1. The molecule has 0 saturated carbocycles. The lowest BCUT2D eigenvalue weighted by atomic mass is 9.74. The van der Waals surface area contributed by atoms with Crippen LogP contribution in [0.3, 0.4) is 0 Å². The fourth-order valence-corrected chi connectivity index (χ4v) is 2.22. The Bertz CT molecular complexity index is 435. The third kappa shape index (κ3) is 2.16. The Balaban J connectivity index is 2.11. The SMILES string of the molecule is CC(=O)N1CC(Cc2ccccc2)(C(=O)O)C1. The van der Waals surface area contributed by atoms with Crippen LogP contribution in [0.25, 0.3) is 0 Å². The Kier molecular flexibility index (Phi) is 2.88. The van der Waals surface area contributed by atoms with E-state index in [0.717, 1.165) is 5.56 Å². The zero-order valence-corrected chi connectivity index (χ0v) is 9.72. The van der Waals surface area contributed by atoms with Crippen LogP contribution in [0.1, 0.15) is 12.5 Å². The molecular weight excluding hydrogens is 218 g/mol. The van der Waals surface area contributed by atoms with Crippen LogP contribution >= 0.6 is 0 Å². The highest BCUT2D eigenvalue weighted by atomic mass is 16.4. The molecule has 0 spiro atoms. The number of carboxylic acid groups (broad SMARTS) is 1. The topological polar surface area (TPSA) is 57.6 Å². The maximum Gasteiger partial charge on any atom is 0.313 e. The fourth-order valence-electron chi connectivity index (χ4n) is 2.22. The molecule has 0 unspecified atom stereocenters. The molecule has 1 saturated heterocycles. The van der Waals surface area contributed by atoms with Crippen molar-refractivity contribution < 1.29 is 14.7 Å². The van der Waals surface area contributed by atoms with Gasteiger partial charge in [-0.25, -0.2) is 0 Å². The van der Waals surface area contributed by atoms with E-state index in [-0.39, 0.29) is 5.91 Å². The minimum atomic E-state index is -0.821. The number of carbonyl (C=O) groups excluding carboxylic acids is 1. The molecule has 1 aliphatic heterocycles. The summed E-state index contributed by atoms with van der Waals surface area (Å²) in [6.45, 7) is 2.09. The van der Waals surface area contributed by atoms with Gasteiger partial charge in [-0.1, -0.05) is 30.3 Å². The smallest absolute Gasteiger partial charge is 0.313 e. The Morgan fingerprint density at radius 2 is 1.88 bits per heavy atom. The van der Waals surface area contributed by atoms with Crippen LogP contribution in [0.4, 0.5) is 0 Å². The number of hydrogen-bond donors (Lipinski definition) is 1. The van der Waals surface area contributed by atoms with Gasteiger partial charge >= 0.3 is 5.97 Å². The van der Waals surface area contributed by atoms with E-state index in [2.05, 4.69) is 0 Å². The molecule has 1 fully saturated rings. The molecule has 0 aromatic heterocycles. The molecule has 2 rings (SSSR count). The molecular formula is C13H15NO3. The Morgan fingerprint density at radius 1 is 1.29 bits per heavy atom. The van der Waals surface area contributed by atoms with Crippen molar-refractivity contribution >= 4 is 11.9 Å². The molecule has 17 heavy (non-hydrogen) atoms. The first-order valence-electron chi connectivity index (χ1n) is 5.56. The maximum absolute atomic E-state index is 11.3. The summed E-state index contributed by atoms with van der Waals surface area (Å²) in [7, 11) is 0. The summed E-state index contributed by atoms with van der Waals surface area (Å²) in [5, 5.41) is 9.31. The van der Waals surface area contributed by atoms with E-state index in [0.29, 0.717) is 19.5 Å². The second-order valence-electron chi connectivity index (χ2n) is 4.62. The Morgan fingerprint density at radius 3 is 2.35 bits per heavy atom. The lowest BCUT2D eigenvalue weighted by Crippen LogP contribution is -2.62. The van der Waals surface area contributed by atoms with Gasteiger partial charge in [0.15, 0.2) is 0 Å². The third-order valence-corrected chi connectivity index (χ3v) is 3.27. The van der Waals surface area contributed by atoms with Crippen LogP contribution in [-0.2, 0) is 16.0 Å². The Labute approximate surface area is 99.9 Å². The number of carbonyl (C=O) groups is 2. The monoisotopic (exact) mass is 233 g/mol. The van der Waals surface area contributed by atoms with Crippen LogP contribution in [0, 0.1) is 5.41 Å². The van der Waals surface area contributed by atoms with E-state index < -0.39 is 11.4 Å². The molecule has 0 bridgehead atoms. The Hall–Kier alpha value is -1.84. The van der Waals surface area contributed by atoms with Crippen molar-refractivity contribution in [1.82, 2.24) is 4.90 Å². The predicted molar refractivity (Wildman–Crippen MR) is 62.5 cm³/mol. The zero-order chi connectivity index (χ0) is 12.5. The molecule has 1 aromatic carbocycles. The summed E-state index contributed by atoms with van der Waals surface area (Å²) in [4.78, 5) is 24.0. The van der Waals surface area contributed by atoms with Crippen LogP contribution in [0.5, 0.6) is 0 Å². The molecule has 1 heterocycles. The van der Waals surface area contributed by atoms with Gasteiger partial charge in [-0.05, 0) is 12.0 Å². The minimum absolute atomic E-state index is 0.0602.